The van der Waals surface area contributed by atoms with Crippen LogP contribution in [0.5, 0.6) is 23.0 Å². The van der Waals surface area contributed by atoms with E-state index in [4.69, 9.17) is 37.8 Å². The maximum absolute atomic E-state index is 13.3. The Balaban J connectivity index is 1.30. The summed E-state index contributed by atoms with van der Waals surface area (Å²) in [6.07, 6.45) is 2.42. The number of ether oxygens (including phenoxy) is 2. The highest BCUT2D eigenvalue weighted by atomic mass is 35.5. The lowest BCUT2D eigenvalue weighted by Crippen LogP contribution is -2.36. The molecule has 0 aliphatic carbocycles. The number of halogens is 2. The van der Waals surface area contributed by atoms with Crippen LogP contribution < -0.4 is 25.4 Å². The normalized spacial score (nSPS) is 14.6. The second-order valence-electron chi connectivity index (χ2n) is 12.9. The van der Waals surface area contributed by atoms with Crippen LogP contribution in [0.4, 0.5) is 26.9 Å². The van der Waals surface area contributed by atoms with Crippen molar-refractivity contribution in [1.29, 1.82) is 0 Å². The van der Waals surface area contributed by atoms with Crippen molar-refractivity contribution in [2.24, 2.45) is 0 Å². The highest BCUT2D eigenvalue weighted by Crippen LogP contribution is 2.40. The van der Waals surface area contributed by atoms with Crippen molar-refractivity contribution in [2.45, 2.75) is 45.6 Å². The lowest BCUT2D eigenvalue weighted by atomic mass is 9.92. The Hall–Kier alpha value is -4.72. The number of amides is 4. The Bertz CT molecular complexity index is 1870. The van der Waals surface area contributed by atoms with Gasteiger partial charge in [0.2, 0.25) is 0 Å². The first-order valence-electron chi connectivity index (χ1n) is 15.6. The van der Waals surface area contributed by atoms with Gasteiger partial charge in [-0.05, 0) is 57.8 Å². The standard InChI is InChI=1S/C34H40Cl2N8O5/c1-19-23(9-10-24(45)31(19)48-7)44-28(17-26(41-44)34(2,3)4)40-32(46)38-22-8-11-25(30(36)29(22)35)49-21-12-14-37-27(16-21)39-33(47)43-15-13-20(18-43)42(5)6/h8-12,14,16-17,20,45H,13,15,18H2,1-7H3,(H,37,39,47)(H2,38,40,46). The summed E-state index contributed by atoms with van der Waals surface area (Å²) in [5.74, 6) is 1.60. The number of aromatic nitrogens is 3. The molecule has 1 saturated heterocycles. The van der Waals surface area contributed by atoms with Gasteiger partial charge in [0.1, 0.15) is 28.2 Å². The molecule has 4 amide bonds. The van der Waals surface area contributed by atoms with Gasteiger partial charge in [-0.2, -0.15) is 5.10 Å². The van der Waals surface area contributed by atoms with Crippen molar-refractivity contribution in [2.75, 3.05) is 50.2 Å². The number of carbonyl (C=O) groups is 2. The van der Waals surface area contributed by atoms with E-state index >= 15 is 0 Å². The van der Waals surface area contributed by atoms with Crippen molar-refractivity contribution >= 4 is 52.6 Å². The molecule has 2 aromatic heterocycles. The van der Waals surface area contributed by atoms with Gasteiger partial charge in [-0.25, -0.2) is 19.3 Å². The zero-order valence-corrected chi connectivity index (χ0v) is 29.9. The number of likely N-dealkylation sites (N-methyl/N-ethyl adjacent to an activating group) is 1. The van der Waals surface area contributed by atoms with E-state index in [0.717, 1.165) is 12.1 Å². The van der Waals surface area contributed by atoms with Crippen LogP contribution in [0, 0.1) is 6.92 Å². The summed E-state index contributed by atoms with van der Waals surface area (Å²) >= 11 is 13.2. The predicted molar refractivity (Wildman–Crippen MR) is 191 cm³/mol. The minimum absolute atomic E-state index is 0.00903. The van der Waals surface area contributed by atoms with Crippen LogP contribution in [0.1, 0.15) is 38.4 Å². The van der Waals surface area contributed by atoms with E-state index in [1.54, 1.807) is 52.9 Å². The smallest absolute Gasteiger partial charge is 0.324 e. The van der Waals surface area contributed by atoms with E-state index in [0.29, 0.717) is 53.5 Å². The summed E-state index contributed by atoms with van der Waals surface area (Å²) in [5.41, 5.74) is 1.88. The summed E-state index contributed by atoms with van der Waals surface area (Å²) in [6, 6.07) is 10.8. The second kappa shape index (κ2) is 14.4. The SMILES string of the molecule is COc1c(O)ccc(-n2nc(C(C)(C)C)cc2NC(=O)Nc2ccc(Oc3ccnc(NC(=O)N4CCC(N(C)C)C4)c3)c(Cl)c2Cl)c1C. The molecule has 1 aliphatic heterocycles. The predicted octanol–water partition coefficient (Wildman–Crippen LogP) is 7.50. The third kappa shape index (κ3) is 7.96. The number of aromatic hydroxyl groups is 1. The minimum atomic E-state index is -0.596. The summed E-state index contributed by atoms with van der Waals surface area (Å²) in [6.45, 7) is 9.12. The zero-order valence-electron chi connectivity index (χ0n) is 28.4. The van der Waals surface area contributed by atoms with Crippen molar-refractivity contribution < 1.29 is 24.2 Å². The van der Waals surface area contributed by atoms with Crippen molar-refractivity contribution in [1.82, 2.24) is 24.6 Å². The molecular formula is C34H40Cl2N8O5. The molecule has 1 aliphatic rings. The maximum Gasteiger partial charge on any atom is 0.324 e. The number of methoxy groups -OCH3 is 1. The third-order valence-electron chi connectivity index (χ3n) is 8.18. The molecule has 1 atom stereocenters. The van der Waals surface area contributed by atoms with E-state index in [2.05, 4.69) is 25.8 Å². The number of phenolic OH excluding ortho intramolecular Hbond substituents is 1. The van der Waals surface area contributed by atoms with Crippen LogP contribution >= 0.6 is 23.2 Å². The van der Waals surface area contributed by atoms with Crippen LogP contribution in [0.25, 0.3) is 5.69 Å². The number of anilines is 3. The average molecular weight is 712 g/mol. The molecule has 1 unspecified atom stereocenters. The van der Waals surface area contributed by atoms with Gasteiger partial charge in [-0.3, -0.25) is 10.6 Å². The number of carbonyl (C=O) groups excluding carboxylic acids is 2. The number of hydrogen-bond donors (Lipinski definition) is 4. The molecule has 5 rings (SSSR count). The Morgan fingerprint density at radius 1 is 1.04 bits per heavy atom. The highest BCUT2D eigenvalue weighted by molar-refractivity contribution is 6.45. The first-order valence-corrected chi connectivity index (χ1v) is 16.3. The van der Waals surface area contributed by atoms with Crippen LogP contribution in [-0.2, 0) is 5.41 Å². The van der Waals surface area contributed by atoms with Gasteiger partial charge in [-0.15, -0.1) is 0 Å². The Morgan fingerprint density at radius 3 is 2.47 bits per heavy atom. The first-order chi connectivity index (χ1) is 23.2. The second-order valence-corrected chi connectivity index (χ2v) is 13.7. The number of urea groups is 2. The maximum atomic E-state index is 13.3. The topological polar surface area (TPSA) is 146 Å². The van der Waals surface area contributed by atoms with Gasteiger partial charge in [0.05, 0.1) is 29.2 Å². The molecule has 4 N–H and O–H groups in total. The Kier molecular flexibility index (Phi) is 10.5. The fourth-order valence-corrected chi connectivity index (χ4v) is 5.76. The minimum Gasteiger partial charge on any atom is -0.504 e. The fourth-order valence-electron chi connectivity index (χ4n) is 5.36. The van der Waals surface area contributed by atoms with Gasteiger partial charge in [0.25, 0.3) is 0 Å². The van der Waals surface area contributed by atoms with Crippen LogP contribution in [0.15, 0.2) is 48.7 Å². The van der Waals surface area contributed by atoms with Gasteiger partial charge in [0, 0.05) is 48.4 Å². The third-order valence-corrected chi connectivity index (χ3v) is 9.04. The van der Waals surface area contributed by atoms with E-state index in [1.807, 2.05) is 34.9 Å². The Morgan fingerprint density at radius 2 is 1.80 bits per heavy atom. The molecule has 4 aromatic rings. The monoisotopic (exact) mass is 710 g/mol. The lowest BCUT2D eigenvalue weighted by Gasteiger charge is -2.20. The molecule has 49 heavy (non-hydrogen) atoms. The molecule has 0 radical (unpaired) electrons. The van der Waals surface area contributed by atoms with E-state index in [-0.39, 0.29) is 38.7 Å². The van der Waals surface area contributed by atoms with Gasteiger partial charge in [0.15, 0.2) is 11.5 Å². The highest BCUT2D eigenvalue weighted by Gasteiger charge is 2.28. The Labute approximate surface area is 295 Å². The van der Waals surface area contributed by atoms with Gasteiger partial charge in [-0.1, -0.05) is 44.0 Å². The zero-order chi connectivity index (χ0) is 35.6. The van der Waals surface area contributed by atoms with Crippen molar-refractivity contribution in [3.05, 3.63) is 70.0 Å². The molecular weight excluding hydrogens is 671 g/mol. The van der Waals surface area contributed by atoms with Gasteiger partial charge >= 0.3 is 12.1 Å². The number of benzene rings is 2. The number of phenols is 1. The summed E-state index contributed by atoms with van der Waals surface area (Å²) in [4.78, 5) is 34.2. The lowest BCUT2D eigenvalue weighted by molar-refractivity contribution is 0.216. The number of nitrogens with one attached hydrogen (secondary N) is 3. The van der Waals surface area contributed by atoms with E-state index in [1.165, 1.54) is 19.4 Å². The van der Waals surface area contributed by atoms with E-state index in [9.17, 15) is 14.7 Å². The van der Waals surface area contributed by atoms with Crippen molar-refractivity contribution in [3.63, 3.8) is 0 Å². The fraction of sp³-hybridized carbons (Fsp3) is 0.353. The molecule has 3 heterocycles. The molecule has 13 nitrogen and oxygen atoms in total. The van der Waals surface area contributed by atoms with Crippen LogP contribution in [0.3, 0.4) is 0 Å². The summed E-state index contributed by atoms with van der Waals surface area (Å²) in [5, 5.41) is 23.5. The van der Waals surface area contributed by atoms with Crippen LogP contribution in [0.2, 0.25) is 10.0 Å². The summed E-state index contributed by atoms with van der Waals surface area (Å²) in [7, 11) is 5.47. The average Bonchev–Trinajstić information content (AvgIpc) is 3.70. The van der Waals surface area contributed by atoms with E-state index < -0.39 is 6.03 Å². The first kappa shape index (κ1) is 35.6. The largest absolute Gasteiger partial charge is 0.504 e. The van der Waals surface area contributed by atoms with Gasteiger partial charge < -0.3 is 29.7 Å². The molecule has 1 fully saturated rings. The molecule has 0 bridgehead atoms. The quantitative estimate of drug-likeness (QED) is 0.147. The molecule has 0 spiro atoms. The van der Waals surface area contributed by atoms with Crippen LogP contribution in [-0.4, -0.2) is 82.1 Å². The summed E-state index contributed by atoms with van der Waals surface area (Å²) < 4.78 is 12.9. The molecule has 0 saturated carbocycles. The number of pyridine rings is 1. The number of hydrogen-bond acceptors (Lipinski definition) is 8. The number of nitrogens with zero attached hydrogens (tertiary/aromatic N) is 5. The number of likely N-dealkylation sites (tertiary alicyclic amines) is 1. The molecule has 15 heteroatoms. The molecule has 260 valence electrons. The van der Waals surface area contributed by atoms with Crippen molar-refractivity contribution in [3.8, 4) is 28.7 Å². The number of rotatable bonds is 8. The molecule has 2 aromatic carbocycles.